The van der Waals surface area contributed by atoms with Crippen LogP contribution in [0, 0.1) is 5.82 Å². The first-order valence-electron chi connectivity index (χ1n) is 7.43. The molecule has 1 fully saturated rings. The fourth-order valence-corrected chi connectivity index (χ4v) is 2.69. The maximum Gasteiger partial charge on any atom is 0.227 e. The van der Waals surface area contributed by atoms with Gasteiger partial charge in [-0.3, -0.25) is 4.79 Å². The van der Waals surface area contributed by atoms with E-state index >= 15 is 0 Å². The molecule has 0 bridgehead atoms. The summed E-state index contributed by atoms with van der Waals surface area (Å²) in [5, 5.41) is 0. The average Bonchev–Trinajstić information content (AvgIpc) is 2.65. The van der Waals surface area contributed by atoms with Crippen LogP contribution in [-0.2, 0) is 11.2 Å². The summed E-state index contributed by atoms with van der Waals surface area (Å²) in [5.74, 6) is -0.172. The van der Waals surface area contributed by atoms with E-state index in [0.29, 0.717) is 6.42 Å². The van der Waals surface area contributed by atoms with Crippen LogP contribution >= 0.6 is 0 Å². The fourth-order valence-electron chi connectivity index (χ4n) is 2.69. The summed E-state index contributed by atoms with van der Waals surface area (Å²) in [6.45, 7) is 6.90. The van der Waals surface area contributed by atoms with Gasteiger partial charge in [0, 0.05) is 19.6 Å². The van der Waals surface area contributed by atoms with Crippen LogP contribution in [0.5, 0.6) is 0 Å². The quantitative estimate of drug-likeness (QED) is 0.844. The minimum absolute atomic E-state index is 0.106. The maximum absolute atomic E-state index is 13.1. The third kappa shape index (κ3) is 4.30. The Bertz CT molecular complexity index is 450. The lowest BCUT2D eigenvalue weighted by Gasteiger charge is -2.21. The number of amides is 1. The van der Waals surface area contributed by atoms with E-state index in [1.165, 1.54) is 12.1 Å². The van der Waals surface area contributed by atoms with Gasteiger partial charge in [0.2, 0.25) is 5.91 Å². The predicted octanol–water partition coefficient (Wildman–Crippen LogP) is 2.31. The lowest BCUT2D eigenvalue weighted by atomic mass is 10.1. The van der Waals surface area contributed by atoms with Gasteiger partial charge in [-0.1, -0.05) is 19.1 Å². The summed E-state index contributed by atoms with van der Waals surface area (Å²) in [7, 11) is 0. The standard InChI is InChI=1S/C16H23FN2O/c1-2-7-18-8-4-9-19(11-10-18)16(20)13-14-5-3-6-15(17)12-14/h3,5-6,12H,2,4,7-11,13H2,1H3. The first-order chi connectivity index (χ1) is 9.69. The number of halogens is 1. The molecule has 0 aliphatic carbocycles. The number of nitrogens with zero attached hydrogens (tertiary/aromatic N) is 2. The molecular formula is C16H23FN2O. The Labute approximate surface area is 120 Å². The molecule has 1 aromatic rings. The smallest absolute Gasteiger partial charge is 0.227 e. The summed E-state index contributed by atoms with van der Waals surface area (Å²) in [4.78, 5) is 16.6. The van der Waals surface area contributed by atoms with Gasteiger partial charge in [-0.05, 0) is 43.6 Å². The summed E-state index contributed by atoms with van der Waals surface area (Å²) >= 11 is 0. The van der Waals surface area contributed by atoms with E-state index in [2.05, 4.69) is 11.8 Å². The van der Waals surface area contributed by atoms with Gasteiger partial charge in [0.05, 0.1) is 6.42 Å². The zero-order valence-electron chi connectivity index (χ0n) is 12.1. The first kappa shape index (κ1) is 15.0. The zero-order valence-corrected chi connectivity index (χ0v) is 12.1. The van der Waals surface area contributed by atoms with Gasteiger partial charge < -0.3 is 9.80 Å². The Morgan fingerprint density at radius 2 is 2.10 bits per heavy atom. The minimum atomic E-state index is -0.278. The SMILES string of the molecule is CCCN1CCCN(C(=O)Cc2cccc(F)c2)CC1. The second-order valence-corrected chi connectivity index (χ2v) is 5.38. The van der Waals surface area contributed by atoms with Crippen molar-refractivity contribution >= 4 is 5.91 Å². The second kappa shape index (κ2) is 7.39. The van der Waals surface area contributed by atoms with Crippen LogP contribution in [0.1, 0.15) is 25.3 Å². The van der Waals surface area contributed by atoms with Crippen molar-refractivity contribution in [1.29, 1.82) is 0 Å². The Balaban J connectivity index is 1.89. The van der Waals surface area contributed by atoms with E-state index in [1.807, 2.05) is 11.0 Å². The number of benzene rings is 1. The van der Waals surface area contributed by atoms with Crippen molar-refractivity contribution in [2.24, 2.45) is 0 Å². The third-order valence-electron chi connectivity index (χ3n) is 3.73. The fraction of sp³-hybridized carbons (Fsp3) is 0.562. The van der Waals surface area contributed by atoms with E-state index in [9.17, 15) is 9.18 Å². The molecule has 1 heterocycles. The molecule has 0 spiro atoms. The highest BCUT2D eigenvalue weighted by Gasteiger charge is 2.18. The molecule has 3 nitrogen and oxygen atoms in total. The van der Waals surface area contributed by atoms with Gasteiger partial charge in [-0.25, -0.2) is 4.39 Å². The lowest BCUT2D eigenvalue weighted by Crippen LogP contribution is -2.36. The molecule has 2 rings (SSSR count). The van der Waals surface area contributed by atoms with Gasteiger partial charge in [-0.2, -0.15) is 0 Å². The number of carbonyl (C=O) groups is 1. The molecule has 1 aliphatic rings. The molecule has 1 aliphatic heterocycles. The molecule has 1 saturated heterocycles. The Hall–Kier alpha value is -1.42. The monoisotopic (exact) mass is 278 g/mol. The molecule has 1 aromatic carbocycles. The van der Waals surface area contributed by atoms with Crippen molar-refractivity contribution in [3.63, 3.8) is 0 Å². The minimum Gasteiger partial charge on any atom is -0.341 e. The van der Waals surface area contributed by atoms with E-state index in [-0.39, 0.29) is 11.7 Å². The van der Waals surface area contributed by atoms with Crippen molar-refractivity contribution < 1.29 is 9.18 Å². The van der Waals surface area contributed by atoms with Crippen molar-refractivity contribution in [3.8, 4) is 0 Å². The van der Waals surface area contributed by atoms with E-state index in [4.69, 9.17) is 0 Å². The van der Waals surface area contributed by atoms with Gasteiger partial charge in [-0.15, -0.1) is 0 Å². The van der Waals surface area contributed by atoms with Crippen LogP contribution in [-0.4, -0.2) is 48.4 Å². The highest BCUT2D eigenvalue weighted by atomic mass is 19.1. The van der Waals surface area contributed by atoms with E-state index < -0.39 is 0 Å². The van der Waals surface area contributed by atoms with Crippen LogP contribution in [0.25, 0.3) is 0 Å². The van der Waals surface area contributed by atoms with Crippen LogP contribution in [0.2, 0.25) is 0 Å². The first-order valence-corrected chi connectivity index (χ1v) is 7.43. The van der Waals surface area contributed by atoms with Gasteiger partial charge in [0.15, 0.2) is 0 Å². The van der Waals surface area contributed by atoms with Crippen molar-refractivity contribution in [3.05, 3.63) is 35.6 Å². The number of carbonyl (C=O) groups excluding carboxylic acids is 1. The van der Waals surface area contributed by atoms with Gasteiger partial charge in [0.25, 0.3) is 0 Å². The normalized spacial score (nSPS) is 17.0. The third-order valence-corrected chi connectivity index (χ3v) is 3.73. The number of rotatable bonds is 4. The molecule has 110 valence electrons. The van der Waals surface area contributed by atoms with Crippen LogP contribution < -0.4 is 0 Å². The Morgan fingerprint density at radius 3 is 2.85 bits per heavy atom. The molecular weight excluding hydrogens is 255 g/mol. The lowest BCUT2D eigenvalue weighted by molar-refractivity contribution is -0.130. The van der Waals surface area contributed by atoms with Crippen molar-refractivity contribution in [2.45, 2.75) is 26.2 Å². The molecule has 1 amide bonds. The molecule has 0 aromatic heterocycles. The molecule has 0 unspecified atom stereocenters. The summed E-state index contributed by atoms with van der Waals surface area (Å²) in [5.41, 5.74) is 0.754. The molecule has 0 saturated carbocycles. The average molecular weight is 278 g/mol. The Morgan fingerprint density at radius 1 is 1.25 bits per heavy atom. The number of hydrogen-bond donors (Lipinski definition) is 0. The zero-order chi connectivity index (χ0) is 14.4. The van der Waals surface area contributed by atoms with Crippen molar-refractivity contribution in [1.82, 2.24) is 9.80 Å². The maximum atomic E-state index is 13.1. The van der Waals surface area contributed by atoms with Gasteiger partial charge >= 0.3 is 0 Å². The summed E-state index contributed by atoms with van der Waals surface area (Å²) < 4.78 is 13.1. The second-order valence-electron chi connectivity index (χ2n) is 5.38. The van der Waals surface area contributed by atoms with Crippen molar-refractivity contribution in [2.75, 3.05) is 32.7 Å². The summed E-state index contributed by atoms with van der Waals surface area (Å²) in [6, 6.07) is 6.31. The van der Waals surface area contributed by atoms with Gasteiger partial charge in [0.1, 0.15) is 5.82 Å². The summed E-state index contributed by atoms with van der Waals surface area (Å²) in [6.07, 6.45) is 2.47. The molecule has 0 N–H and O–H groups in total. The molecule has 20 heavy (non-hydrogen) atoms. The van der Waals surface area contributed by atoms with Crippen LogP contribution in [0.15, 0.2) is 24.3 Å². The topological polar surface area (TPSA) is 23.6 Å². The van der Waals surface area contributed by atoms with E-state index in [0.717, 1.165) is 51.1 Å². The predicted molar refractivity (Wildman–Crippen MR) is 78.0 cm³/mol. The molecule has 4 heteroatoms. The highest BCUT2D eigenvalue weighted by Crippen LogP contribution is 2.09. The van der Waals surface area contributed by atoms with Crippen LogP contribution in [0.3, 0.4) is 0 Å². The van der Waals surface area contributed by atoms with Crippen LogP contribution in [0.4, 0.5) is 4.39 Å². The number of hydrogen-bond acceptors (Lipinski definition) is 2. The van der Waals surface area contributed by atoms with E-state index in [1.54, 1.807) is 6.07 Å². The largest absolute Gasteiger partial charge is 0.341 e. The molecule has 0 radical (unpaired) electrons. The molecule has 0 atom stereocenters. The Kier molecular flexibility index (Phi) is 5.53. The highest BCUT2D eigenvalue weighted by molar-refractivity contribution is 5.78.